The molecule has 1 fully saturated rings. The van der Waals surface area contributed by atoms with Crippen molar-refractivity contribution in [3.8, 4) is 0 Å². The smallest absolute Gasteiger partial charge is 0.0320 e. The number of hydrogen-bond donors (Lipinski definition) is 2. The Kier molecular flexibility index (Phi) is 3.52. The molecule has 0 aliphatic carbocycles. The lowest BCUT2D eigenvalue weighted by Crippen LogP contribution is -2.57. The molecule has 1 atom stereocenters. The van der Waals surface area contributed by atoms with Gasteiger partial charge in [-0.15, -0.1) is 0 Å². The van der Waals surface area contributed by atoms with Gasteiger partial charge in [-0.3, -0.25) is 0 Å². The van der Waals surface area contributed by atoms with Crippen molar-refractivity contribution in [2.75, 3.05) is 25.1 Å². The molecule has 1 rings (SSSR count). The zero-order valence-corrected chi connectivity index (χ0v) is 7.50. The summed E-state index contributed by atoms with van der Waals surface area (Å²) in [7, 11) is 0. The first-order chi connectivity index (χ1) is 4.83. The molecule has 3 heteroatoms. The monoisotopic (exact) mass is 160 g/mol. The van der Waals surface area contributed by atoms with Gasteiger partial charge in [0, 0.05) is 30.9 Å². The highest BCUT2D eigenvalue weighted by Crippen LogP contribution is 1.99. The fourth-order valence-corrected chi connectivity index (χ4v) is 1.70. The third kappa shape index (κ3) is 2.48. The fraction of sp³-hybridized carbons (Fsp3) is 1.00. The molecule has 0 radical (unpaired) electrons. The lowest BCUT2D eigenvalue weighted by Gasteiger charge is -2.30. The lowest BCUT2D eigenvalue weighted by molar-refractivity contribution is 0.345. The van der Waals surface area contributed by atoms with Gasteiger partial charge in [-0.2, -0.15) is 11.8 Å². The van der Waals surface area contributed by atoms with Crippen LogP contribution in [0.2, 0.25) is 0 Å². The van der Waals surface area contributed by atoms with Crippen LogP contribution in [0.3, 0.4) is 0 Å². The van der Waals surface area contributed by atoms with Gasteiger partial charge >= 0.3 is 0 Å². The molecule has 1 heterocycles. The molecule has 1 unspecified atom stereocenters. The zero-order chi connectivity index (χ0) is 7.40. The Bertz CT molecular complexity index is 93.6. The van der Waals surface area contributed by atoms with E-state index in [1.54, 1.807) is 0 Å². The normalized spacial score (nSPS) is 22.2. The SMILES string of the molecule is CSCC(C)NC1CNC1. The maximum atomic E-state index is 3.53. The largest absolute Gasteiger partial charge is 0.314 e. The molecule has 2 N–H and O–H groups in total. The molecule has 0 spiro atoms. The van der Waals surface area contributed by atoms with Crippen molar-refractivity contribution in [1.29, 1.82) is 0 Å². The van der Waals surface area contributed by atoms with Crippen LogP contribution < -0.4 is 10.6 Å². The summed E-state index contributed by atoms with van der Waals surface area (Å²) in [6.45, 7) is 4.55. The molecular formula is C7H16N2S. The highest BCUT2D eigenvalue weighted by Gasteiger charge is 2.17. The Hall–Kier alpha value is 0.270. The van der Waals surface area contributed by atoms with Crippen LogP contribution in [0.4, 0.5) is 0 Å². The summed E-state index contributed by atoms with van der Waals surface area (Å²) >= 11 is 1.90. The fourth-order valence-electron chi connectivity index (χ4n) is 1.11. The standard InChI is InChI=1S/C7H16N2S/c1-6(5-10-2)9-7-3-8-4-7/h6-9H,3-5H2,1-2H3. The highest BCUT2D eigenvalue weighted by atomic mass is 32.2. The summed E-state index contributed by atoms with van der Waals surface area (Å²) in [6.07, 6.45) is 2.15. The summed E-state index contributed by atoms with van der Waals surface area (Å²) in [5.41, 5.74) is 0. The quantitative estimate of drug-likeness (QED) is 0.618. The number of nitrogens with one attached hydrogen (secondary N) is 2. The van der Waals surface area contributed by atoms with Crippen LogP contribution in [-0.2, 0) is 0 Å². The van der Waals surface area contributed by atoms with Gasteiger partial charge < -0.3 is 10.6 Å². The molecule has 0 aromatic rings. The maximum Gasteiger partial charge on any atom is 0.0320 e. The molecule has 1 aliphatic rings. The van der Waals surface area contributed by atoms with Gasteiger partial charge in [0.1, 0.15) is 0 Å². The van der Waals surface area contributed by atoms with Gasteiger partial charge in [0.05, 0.1) is 0 Å². The van der Waals surface area contributed by atoms with Gasteiger partial charge in [0.2, 0.25) is 0 Å². The Morgan fingerprint density at radius 2 is 2.40 bits per heavy atom. The minimum atomic E-state index is 0.669. The van der Waals surface area contributed by atoms with Crippen molar-refractivity contribution >= 4 is 11.8 Å². The second-order valence-corrected chi connectivity index (χ2v) is 3.79. The molecule has 1 aliphatic heterocycles. The summed E-state index contributed by atoms with van der Waals surface area (Å²) < 4.78 is 0. The van der Waals surface area contributed by atoms with E-state index in [-0.39, 0.29) is 0 Å². The van der Waals surface area contributed by atoms with Crippen molar-refractivity contribution in [3.63, 3.8) is 0 Å². The van der Waals surface area contributed by atoms with Crippen molar-refractivity contribution in [1.82, 2.24) is 10.6 Å². The molecule has 2 nitrogen and oxygen atoms in total. The van der Waals surface area contributed by atoms with Crippen LogP contribution in [-0.4, -0.2) is 37.2 Å². The predicted molar refractivity (Wildman–Crippen MR) is 47.6 cm³/mol. The van der Waals surface area contributed by atoms with E-state index < -0.39 is 0 Å². The molecule has 0 aromatic heterocycles. The van der Waals surface area contributed by atoms with E-state index in [0.717, 1.165) is 19.1 Å². The summed E-state index contributed by atoms with van der Waals surface area (Å²) in [5.74, 6) is 1.22. The molecule has 0 aromatic carbocycles. The highest BCUT2D eigenvalue weighted by molar-refractivity contribution is 7.98. The summed E-state index contributed by atoms with van der Waals surface area (Å²) in [6, 6.07) is 1.41. The van der Waals surface area contributed by atoms with Crippen LogP contribution in [0.5, 0.6) is 0 Å². The van der Waals surface area contributed by atoms with E-state index in [1.165, 1.54) is 5.75 Å². The van der Waals surface area contributed by atoms with Crippen molar-refractivity contribution in [2.45, 2.75) is 19.0 Å². The first-order valence-electron chi connectivity index (χ1n) is 3.78. The molecule has 60 valence electrons. The Morgan fingerprint density at radius 3 is 2.80 bits per heavy atom. The summed E-state index contributed by atoms with van der Waals surface area (Å²) in [5, 5.41) is 6.77. The van der Waals surface area contributed by atoms with Crippen molar-refractivity contribution < 1.29 is 0 Å². The van der Waals surface area contributed by atoms with Crippen LogP contribution in [0.1, 0.15) is 6.92 Å². The Balaban J connectivity index is 1.99. The molecule has 0 bridgehead atoms. The van der Waals surface area contributed by atoms with Crippen LogP contribution in [0.15, 0.2) is 0 Å². The number of thioether (sulfide) groups is 1. The van der Waals surface area contributed by atoms with Gasteiger partial charge in [-0.25, -0.2) is 0 Å². The summed E-state index contributed by atoms with van der Waals surface area (Å²) in [4.78, 5) is 0. The molecule has 0 saturated carbocycles. The van der Waals surface area contributed by atoms with Gasteiger partial charge in [-0.05, 0) is 13.2 Å². The minimum Gasteiger partial charge on any atom is -0.314 e. The van der Waals surface area contributed by atoms with Crippen molar-refractivity contribution in [2.24, 2.45) is 0 Å². The number of rotatable bonds is 4. The minimum absolute atomic E-state index is 0.669. The second-order valence-electron chi connectivity index (χ2n) is 2.88. The Labute approximate surface area is 67.1 Å². The molecule has 10 heavy (non-hydrogen) atoms. The van der Waals surface area contributed by atoms with Crippen LogP contribution >= 0.6 is 11.8 Å². The third-order valence-corrected chi connectivity index (χ3v) is 2.55. The van der Waals surface area contributed by atoms with E-state index in [0.29, 0.717) is 6.04 Å². The van der Waals surface area contributed by atoms with Gasteiger partial charge in [0.25, 0.3) is 0 Å². The average Bonchev–Trinajstić information content (AvgIpc) is 1.80. The van der Waals surface area contributed by atoms with Gasteiger partial charge in [0.15, 0.2) is 0 Å². The van der Waals surface area contributed by atoms with Gasteiger partial charge in [-0.1, -0.05) is 0 Å². The second kappa shape index (κ2) is 4.21. The van der Waals surface area contributed by atoms with E-state index in [2.05, 4.69) is 23.8 Å². The number of hydrogen-bond acceptors (Lipinski definition) is 3. The molecule has 1 saturated heterocycles. The first-order valence-corrected chi connectivity index (χ1v) is 5.18. The molecular weight excluding hydrogens is 144 g/mol. The van der Waals surface area contributed by atoms with E-state index >= 15 is 0 Å². The topological polar surface area (TPSA) is 24.1 Å². The van der Waals surface area contributed by atoms with Crippen LogP contribution in [0, 0.1) is 0 Å². The van der Waals surface area contributed by atoms with E-state index in [4.69, 9.17) is 0 Å². The van der Waals surface area contributed by atoms with E-state index in [1.807, 2.05) is 11.8 Å². The Morgan fingerprint density at radius 1 is 1.70 bits per heavy atom. The predicted octanol–water partition coefficient (Wildman–Crippen LogP) is 0.299. The first kappa shape index (κ1) is 8.37. The maximum absolute atomic E-state index is 3.53. The third-order valence-electron chi connectivity index (χ3n) is 1.72. The lowest BCUT2D eigenvalue weighted by atomic mass is 10.1. The molecule has 0 amide bonds. The van der Waals surface area contributed by atoms with Crippen LogP contribution in [0.25, 0.3) is 0 Å². The van der Waals surface area contributed by atoms with Crippen molar-refractivity contribution in [3.05, 3.63) is 0 Å². The zero-order valence-electron chi connectivity index (χ0n) is 6.68. The average molecular weight is 160 g/mol. The van der Waals surface area contributed by atoms with E-state index in [9.17, 15) is 0 Å².